The lowest BCUT2D eigenvalue weighted by Gasteiger charge is -1.84. The van der Waals surface area contributed by atoms with E-state index >= 15 is 0 Å². The molecule has 0 rings (SSSR count). The van der Waals surface area contributed by atoms with Crippen LogP contribution in [0, 0.1) is 0 Å². The van der Waals surface area contributed by atoms with Gasteiger partial charge in [-0.1, -0.05) is 0 Å². The van der Waals surface area contributed by atoms with Gasteiger partial charge in [0.05, 0.1) is 0 Å². The molecular weight excluding hydrogens is 104 g/mol. The van der Waals surface area contributed by atoms with Crippen molar-refractivity contribution in [1.82, 2.24) is 0 Å². The van der Waals surface area contributed by atoms with Gasteiger partial charge in [-0.2, -0.15) is 0 Å². The van der Waals surface area contributed by atoms with Crippen molar-refractivity contribution in [3.05, 3.63) is 0 Å². The Balaban J connectivity index is 3.26. The third-order valence-corrected chi connectivity index (χ3v) is 0.663. The van der Waals surface area contributed by atoms with E-state index in [1.54, 1.807) is 0 Å². The largest absolute Gasteiger partial charge is 0.482 e. The first-order valence-corrected chi connectivity index (χ1v) is 2.84. The highest BCUT2D eigenvalue weighted by Gasteiger charge is 2.10. The van der Waals surface area contributed by atoms with Gasteiger partial charge in [0.25, 0.3) is 0 Å². The third kappa shape index (κ3) is 1.88. The van der Waals surface area contributed by atoms with Crippen molar-refractivity contribution in [3.8, 4) is 0 Å². The maximum atomic E-state index is 9.26. The van der Waals surface area contributed by atoms with Crippen LogP contribution in [-0.2, 0) is 0 Å². The normalized spacial score (nSPS) is 9.17. The van der Waals surface area contributed by atoms with E-state index in [9.17, 15) is 4.79 Å². The zero-order valence-electron chi connectivity index (χ0n) is 2.83. The number of hydrogen-bond acceptors (Lipinski definition) is 3. The molecule has 0 unspecified atom stereocenters. The Labute approximate surface area is 35.5 Å². The van der Waals surface area contributed by atoms with Crippen molar-refractivity contribution in [2.45, 2.75) is 0 Å². The Morgan fingerprint density at radius 2 is 1.67 bits per heavy atom. The topological polar surface area (TPSA) is 77.8 Å². The molecule has 0 aromatic rings. The predicted molar refractivity (Wildman–Crippen MR) is 19.6 cm³/mol. The minimum absolute atomic E-state index is 1.49. The fraction of sp³-hybridized carbons (Fsp3) is 0. The first-order chi connectivity index (χ1) is 2.64. The lowest BCUT2D eigenvalue weighted by Crippen LogP contribution is -2.22. The van der Waals surface area contributed by atoms with Crippen LogP contribution < -0.4 is 0 Å². The van der Waals surface area contributed by atoms with Crippen molar-refractivity contribution in [2.75, 3.05) is 0 Å². The molecule has 0 fully saturated rings. The molecule has 0 aliphatic carbocycles. The molecule has 0 aromatic heterocycles. The molecule has 6 heavy (non-hydrogen) atoms. The summed E-state index contributed by atoms with van der Waals surface area (Å²) in [7, 11) is -3.33. The summed E-state index contributed by atoms with van der Waals surface area (Å²) in [4.78, 5) is 24.7. The summed E-state index contributed by atoms with van der Waals surface area (Å²) in [5.74, 6) is 0. The second-order valence-corrected chi connectivity index (χ2v) is 1.95. The summed E-state index contributed by atoms with van der Waals surface area (Å²) in [5.41, 5.74) is -1.49. The average molecular weight is 108 g/mol. The second kappa shape index (κ2) is 1.91. The molecule has 3 N–H and O–H groups in total. The smallest absolute Gasteiger partial charge is 0.441 e. The Hall–Kier alpha value is -0.393. The van der Waals surface area contributed by atoms with Crippen LogP contribution in [-0.4, -0.2) is 29.6 Å². The second-order valence-electron chi connectivity index (χ2n) is 0.712. The van der Waals surface area contributed by atoms with Crippen molar-refractivity contribution in [2.24, 2.45) is 0 Å². The predicted octanol–water partition coefficient (Wildman–Crippen LogP) is -1.55. The van der Waals surface area contributed by atoms with Crippen LogP contribution in [0.4, 0.5) is 4.79 Å². The SMILES string of the molecule is O=C(O)[SiH](O)O. The summed E-state index contributed by atoms with van der Waals surface area (Å²) in [5, 5.41) is 7.55. The van der Waals surface area contributed by atoms with E-state index in [-0.39, 0.29) is 0 Å². The first-order valence-electron chi connectivity index (χ1n) is 1.23. The zero-order valence-corrected chi connectivity index (χ0v) is 3.98. The highest BCUT2D eigenvalue weighted by molar-refractivity contribution is 6.76. The maximum Gasteiger partial charge on any atom is 0.441 e. The molecule has 0 saturated carbocycles. The molecule has 0 saturated heterocycles. The van der Waals surface area contributed by atoms with Crippen LogP contribution in [0.2, 0.25) is 0 Å². The average Bonchev–Trinajstić information content (AvgIpc) is 1.36. The van der Waals surface area contributed by atoms with Gasteiger partial charge in [-0.15, -0.1) is 0 Å². The van der Waals surface area contributed by atoms with Crippen molar-refractivity contribution < 1.29 is 19.5 Å². The van der Waals surface area contributed by atoms with Gasteiger partial charge in [-0.05, 0) is 0 Å². The number of hydrogen-bond donors (Lipinski definition) is 3. The van der Waals surface area contributed by atoms with Crippen LogP contribution in [0.25, 0.3) is 0 Å². The quantitative estimate of drug-likeness (QED) is 0.355. The monoisotopic (exact) mass is 108 g/mol. The molecular formula is CH4O4Si. The minimum atomic E-state index is -3.33. The Kier molecular flexibility index (Phi) is 1.78. The summed E-state index contributed by atoms with van der Waals surface area (Å²) in [6, 6.07) is 0. The van der Waals surface area contributed by atoms with E-state index in [1.165, 1.54) is 0 Å². The zero-order chi connectivity index (χ0) is 5.15. The van der Waals surface area contributed by atoms with E-state index in [2.05, 4.69) is 0 Å². The highest BCUT2D eigenvalue weighted by atomic mass is 28.3. The van der Waals surface area contributed by atoms with Crippen LogP contribution >= 0.6 is 0 Å². The molecule has 36 valence electrons. The van der Waals surface area contributed by atoms with Crippen LogP contribution in [0.15, 0.2) is 0 Å². The molecule has 0 bridgehead atoms. The van der Waals surface area contributed by atoms with Gasteiger partial charge < -0.3 is 14.7 Å². The van der Waals surface area contributed by atoms with Crippen molar-refractivity contribution >= 4 is 14.9 Å². The Morgan fingerprint density at radius 1 is 1.50 bits per heavy atom. The number of carboxylic acid groups (broad SMARTS) is 1. The van der Waals surface area contributed by atoms with Gasteiger partial charge in [-0.3, -0.25) is 4.79 Å². The van der Waals surface area contributed by atoms with Crippen LogP contribution in [0.1, 0.15) is 0 Å². The van der Waals surface area contributed by atoms with E-state index in [0.29, 0.717) is 0 Å². The molecule has 5 heteroatoms. The standard InChI is InChI=1S/CH4O4Si/c2-1(3)6(4)5/h4-6H,(H,2,3). The molecule has 0 amide bonds. The van der Waals surface area contributed by atoms with Gasteiger partial charge in [0.1, 0.15) is 0 Å². The minimum Gasteiger partial charge on any atom is -0.482 e. The summed E-state index contributed by atoms with van der Waals surface area (Å²) in [6.07, 6.45) is 0. The molecule has 0 spiro atoms. The van der Waals surface area contributed by atoms with Crippen LogP contribution in [0.5, 0.6) is 0 Å². The van der Waals surface area contributed by atoms with Gasteiger partial charge in [0, 0.05) is 0 Å². The molecule has 0 aromatic carbocycles. The Bertz CT molecular complexity index is 58.6. The van der Waals surface area contributed by atoms with Gasteiger partial charge in [0.2, 0.25) is 0 Å². The fourth-order valence-electron chi connectivity index (χ4n) is 0. The number of rotatable bonds is 1. The maximum absolute atomic E-state index is 9.26. The summed E-state index contributed by atoms with van der Waals surface area (Å²) >= 11 is 0. The van der Waals surface area contributed by atoms with Gasteiger partial charge >= 0.3 is 14.9 Å². The number of carbonyl (C=O) groups is 1. The van der Waals surface area contributed by atoms with E-state index in [1.807, 2.05) is 0 Å². The van der Waals surface area contributed by atoms with E-state index in [4.69, 9.17) is 14.7 Å². The summed E-state index contributed by atoms with van der Waals surface area (Å²) < 4.78 is 0. The molecule has 0 radical (unpaired) electrons. The molecule has 4 nitrogen and oxygen atoms in total. The van der Waals surface area contributed by atoms with Gasteiger partial charge in [0.15, 0.2) is 0 Å². The molecule has 0 atom stereocenters. The van der Waals surface area contributed by atoms with E-state index in [0.717, 1.165) is 0 Å². The lowest BCUT2D eigenvalue weighted by atomic mass is 11.6. The Morgan fingerprint density at radius 3 is 1.67 bits per heavy atom. The highest BCUT2D eigenvalue weighted by Crippen LogP contribution is 1.66. The van der Waals surface area contributed by atoms with Gasteiger partial charge in [-0.25, -0.2) is 0 Å². The molecule has 0 aliphatic rings. The van der Waals surface area contributed by atoms with Crippen LogP contribution in [0.3, 0.4) is 0 Å². The van der Waals surface area contributed by atoms with Crippen molar-refractivity contribution in [3.63, 3.8) is 0 Å². The van der Waals surface area contributed by atoms with E-state index < -0.39 is 14.9 Å². The molecule has 0 aliphatic heterocycles. The summed E-state index contributed by atoms with van der Waals surface area (Å²) in [6.45, 7) is 0. The first kappa shape index (κ1) is 5.61. The fourth-order valence-corrected chi connectivity index (χ4v) is 0. The molecule has 0 heterocycles. The lowest BCUT2D eigenvalue weighted by molar-refractivity contribution is 0.207. The van der Waals surface area contributed by atoms with Crippen molar-refractivity contribution in [1.29, 1.82) is 0 Å². The third-order valence-electron chi connectivity index (χ3n) is 0.221.